The smallest absolute Gasteiger partial charge is 0.122 e. The molecule has 0 radical (unpaired) electrons. The zero-order valence-electron chi connectivity index (χ0n) is 10.9. The zero-order valence-corrected chi connectivity index (χ0v) is 10.9. The maximum atomic E-state index is 9.90. The summed E-state index contributed by atoms with van der Waals surface area (Å²) in [6, 6.07) is 10.4. The predicted molar refractivity (Wildman–Crippen MR) is 74.6 cm³/mol. The van der Waals surface area contributed by atoms with Crippen molar-refractivity contribution in [2.45, 2.75) is 26.2 Å². The maximum Gasteiger partial charge on any atom is 0.122 e. The molecular formula is C16H18O3. The fourth-order valence-electron chi connectivity index (χ4n) is 2.15. The van der Waals surface area contributed by atoms with Gasteiger partial charge in [0, 0.05) is 6.07 Å². The Morgan fingerprint density at radius 2 is 1.63 bits per heavy atom. The molecule has 0 saturated carbocycles. The summed E-state index contributed by atoms with van der Waals surface area (Å²) in [5, 5.41) is 28.8. The van der Waals surface area contributed by atoms with Gasteiger partial charge in [-0.1, -0.05) is 24.3 Å². The molecule has 3 heteroatoms. The van der Waals surface area contributed by atoms with Crippen LogP contribution in [0.4, 0.5) is 0 Å². The van der Waals surface area contributed by atoms with Crippen molar-refractivity contribution in [3.8, 4) is 17.2 Å². The van der Waals surface area contributed by atoms with Crippen LogP contribution in [0.15, 0.2) is 36.4 Å². The van der Waals surface area contributed by atoms with Crippen LogP contribution in [0.5, 0.6) is 17.2 Å². The van der Waals surface area contributed by atoms with Crippen molar-refractivity contribution in [2.75, 3.05) is 0 Å². The topological polar surface area (TPSA) is 60.7 Å². The Balaban J connectivity index is 1.98. The first kappa shape index (κ1) is 13.3. The molecule has 3 nitrogen and oxygen atoms in total. The van der Waals surface area contributed by atoms with Crippen molar-refractivity contribution in [1.82, 2.24) is 0 Å². The molecule has 100 valence electrons. The van der Waals surface area contributed by atoms with Crippen molar-refractivity contribution < 1.29 is 15.3 Å². The fraction of sp³-hybridized carbons (Fsp3) is 0.250. The highest BCUT2D eigenvalue weighted by atomic mass is 16.3. The third-order valence-electron chi connectivity index (χ3n) is 3.28. The van der Waals surface area contributed by atoms with Crippen molar-refractivity contribution in [1.29, 1.82) is 0 Å². The van der Waals surface area contributed by atoms with Crippen LogP contribution in [0.1, 0.15) is 23.1 Å². The number of aryl methyl sites for hydroxylation is 3. The molecule has 0 fully saturated rings. The number of aromatic hydroxyl groups is 3. The third kappa shape index (κ3) is 3.19. The van der Waals surface area contributed by atoms with E-state index >= 15 is 0 Å². The Hall–Kier alpha value is -2.16. The summed E-state index contributed by atoms with van der Waals surface area (Å²) in [6.07, 6.45) is 2.29. The highest BCUT2D eigenvalue weighted by Gasteiger charge is 2.06. The summed E-state index contributed by atoms with van der Waals surface area (Å²) in [5.74, 6) is 0.545. The molecule has 0 aliphatic heterocycles. The van der Waals surface area contributed by atoms with E-state index in [2.05, 4.69) is 0 Å². The number of rotatable bonds is 4. The molecular weight excluding hydrogens is 240 g/mol. The van der Waals surface area contributed by atoms with Gasteiger partial charge in [-0.15, -0.1) is 0 Å². The number of hydrogen-bond acceptors (Lipinski definition) is 3. The predicted octanol–water partition coefficient (Wildman–Crippen LogP) is 3.29. The molecule has 2 aromatic carbocycles. The van der Waals surface area contributed by atoms with Gasteiger partial charge in [-0.3, -0.25) is 0 Å². The molecule has 3 N–H and O–H groups in total. The van der Waals surface area contributed by atoms with Crippen LogP contribution in [0, 0.1) is 6.92 Å². The van der Waals surface area contributed by atoms with E-state index in [0.717, 1.165) is 29.5 Å². The number of benzene rings is 2. The maximum absolute atomic E-state index is 9.90. The Labute approximate surface area is 112 Å². The zero-order chi connectivity index (χ0) is 13.8. The quantitative estimate of drug-likeness (QED) is 0.788. The second kappa shape index (κ2) is 5.65. The molecule has 0 aromatic heterocycles. The average Bonchev–Trinajstić information content (AvgIpc) is 2.37. The van der Waals surface area contributed by atoms with Crippen LogP contribution < -0.4 is 0 Å². The van der Waals surface area contributed by atoms with Crippen LogP contribution >= 0.6 is 0 Å². The summed E-state index contributed by atoms with van der Waals surface area (Å²) >= 11 is 0. The Bertz CT molecular complexity index is 576. The Morgan fingerprint density at radius 3 is 2.37 bits per heavy atom. The Kier molecular flexibility index (Phi) is 3.95. The molecule has 0 bridgehead atoms. The van der Waals surface area contributed by atoms with E-state index in [-0.39, 0.29) is 11.5 Å². The molecule has 0 amide bonds. The summed E-state index contributed by atoms with van der Waals surface area (Å²) in [6.45, 7) is 1.88. The van der Waals surface area contributed by atoms with Crippen LogP contribution in [-0.2, 0) is 12.8 Å². The van der Waals surface area contributed by atoms with Crippen LogP contribution in [0.25, 0.3) is 0 Å². The number of phenols is 3. The van der Waals surface area contributed by atoms with Gasteiger partial charge in [-0.05, 0) is 48.9 Å². The summed E-state index contributed by atoms with van der Waals surface area (Å²) < 4.78 is 0. The van der Waals surface area contributed by atoms with Crippen molar-refractivity contribution in [3.05, 3.63) is 53.1 Å². The summed E-state index contributed by atoms with van der Waals surface area (Å²) in [7, 11) is 0. The molecule has 0 aliphatic carbocycles. The molecule has 0 unspecified atom stereocenters. The van der Waals surface area contributed by atoms with Gasteiger partial charge < -0.3 is 15.3 Å². The normalized spacial score (nSPS) is 10.6. The van der Waals surface area contributed by atoms with E-state index in [1.165, 1.54) is 6.07 Å². The molecule has 0 heterocycles. The van der Waals surface area contributed by atoms with Gasteiger partial charge in [0.15, 0.2) is 0 Å². The van der Waals surface area contributed by atoms with Gasteiger partial charge in [0.25, 0.3) is 0 Å². The first-order chi connectivity index (χ1) is 9.08. The highest BCUT2D eigenvalue weighted by molar-refractivity contribution is 5.40. The number of para-hydroxylation sites is 1. The minimum atomic E-state index is 0.0672. The summed E-state index contributed by atoms with van der Waals surface area (Å²) in [4.78, 5) is 0. The van der Waals surface area contributed by atoms with Gasteiger partial charge in [-0.2, -0.15) is 0 Å². The van der Waals surface area contributed by atoms with Crippen molar-refractivity contribution >= 4 is 0 Å². The van der Waals surface area contributed by atoms with Gasteiger partial charge in [0.2, 0.25) is 0 Å². The van der Waals surface area contributed by atoms with Crippen LogP contribution in [-0.4, -0.2) is 15.3 Å². The highest BCUT2D eigenvalue weighted by Crippen LogP contribution is 2.26. The van der Waals surface area contributed by atoms with Crippen molar-refractivity contribution in [3.63, 3.8) is 0 Å². The molecule has 19 heavy (non-hydrogen) atoms. The minimum absolute atomic E-state index is 0.0672. The largest absolute Gasteiger partial charge is 0.508 e. The van der Waals surface area contributed by atoms with E-state index in [1.54, 1.807) is 12.1 Å². The van der Waals surface area contributed by atoms with E-state index in [9.17, 15) is 15.3 Å². The Morgan fingerprint density at radius 1 is 0.895 bits per heavy atom. The van der Waals surface area contributed by atoms with E-state index in [4.69, 9.17) is 0 Å². The summed E-state index contributed by atoms with van der Waals surface area (Å²) in [5.41, 5.74) is 2.62. The van der Waals surface area contributed by atoms with Gasteiger partial charge >= 0.3 is 0 Å². The molecule has 0 atom stereocenters. The second-order valence-electron chi connectivity index (χ2n) is 4.75. The van der Waals surface area contributed by atoms with Gasteiger partial charge in [0.1, 0.15) is 17.2 Å². The SMILES string of the molecule is Cc1cccc(CCCc2ccc(O)cc2O)c1O. The number of phenolic OH excluding ortho intramolecular Hbond substituents is 3. The lowest BCUT2D eigenvalue weighted by atomic mass is 10.0. The fourth-order valence-corrected chi connectivity index (χ4v) is 2.15. The third-order valence-corrected chi connectivity index (χ3v) is 3.28. The standard InChI is InChI=1S/C16H18O3/c1-11-4-2-6-13(16(11)19)7-3-5-12-8-9-14(17)10-15(12)18/h2,4,6,8-10,17-19H,3,5,7H2,1H3. The number of hydrogen-bond donors (Lipinski definition) is 3. The lowest BCUT2D eigenvalue weighted by Gasteiger charge is -2.08. The van der Waals surface area contributed by atoms with Crippen molar-refractivity contribution in [2.24, 2.45) is 0 Å². The van der Waals surface area contributed by atoms with E-state index in [0.29, 0.717) is 12.2 Å². The van der Waals surface area contributed by atoms with Crippen LogP contribution in [0.2, 0.25) is 0 Å². The minimum Gasteiger partial charge on any atom is -0.508 e. The molecule has 0 saturated heterocycles. The van der Waals surface area contributed by atoms with E-state index in [1.807, 2.05) is 25.1 Å². The van der Waals surface area contributed by atoms with Gasteiger partial charge in [-0.25, -0.2) is 0 Å². The average molecular weight is 258 g/mol. The lowest BCUT2D eigenvalue weighted by molar-refractivity contribution is 0.445. The molecule has 0 spiro atoms. The first-order valence-electron chi connectivity index (χ1n) is 6.36. The monoisotopic (exact) mass is 258 g/mol. The van der Waals surface area contributed by atoms with Crippen LogP contribution in [0.3, 0.4) is 0 Å². The molecule has 2 aromatic rings. The molecule has 2 rings (SSSR count). The molecule has 0 aliphatic rings. The van der Waals surface area contributed by atoms with Gasteiger partial charge in [0.05, 0.1) is 0 Å². The first-order valence-corrected chi connectivity index (χ1v) is 6.36. The van der Waals surface area contributed by atoms with E-state index < -0.39 is 0 Å². The lowest BCUT2D eigenvalue weighted by Crippen LogP contribution is -1.92. The second-order valence-corrected chi connectivity index (χ2v) is 4.75.